The quantitative estimate of drug-likeness (QED) is 0.458. The average Bonchev–Trinajstić information content (AvgIpc) is 1.90. The second kappa shape index (κ2) is 7.21. The maximum Gasteiger partial charge on any atom is 1.00 e. The van der Waals surface area contributed by atoms with Gasteiger partial charge in [0.1, 0.15) is 0 Å². The van der Waals surface area contributed by atoms with E-state index in [4.69, 9.17) is 5.11 Å². The van der Waals surface area contributed by atoms with Crippen LogP contribution in [0.2, 0.25) is 0 Å². The van der Waals surface area contributed by atoms with Gasteiger partial charge in [0.25, 0.3) is 0 Å². The van der Waals surface area contributed by atoms with Crippen molar-refractivity contribution < 1.29 is 73.7 Å². The molecular weight excluding hydrogens is 193 g/mol. The molecule has 1 aromatic heterocycles. The third kappa shape index (κ3) is 4.89. The normalized spacial score (nSPS) is 7.27. The first-order chi connectivity index (χ1) is 4.30. The largest absolute Gasteiger partial charge is 1.00 e. The van der Waals surface area contributed by atoms with Crippen LogP contribution in [0.4, 0.5) is 0 Å². The van der Waals surface area contributed by atoms with Crippen LogP contribution in [0.25, 0.3) is 0 Å². The molecule has 0 fully saturated rings. The van der Waals surface area contributed by atoms with Gasteiger partial charge in [0.05, 0.1) is 5.56 Å². The Morgan fingerprint density at radius 1 is 1.55 bits per heavy atom. The van der Waals surface area contributed by atoms with Crippen LogP contribution in [0, 0.1) is 0 Å². The van der Waals surface area contributed by atoms with Gasteiger partial charge in [-0.1, -0.05) is 0 Å². The zero-order chi connectivity index (χ0) is 6.69. The molecule has 0 aliphatic rings. The topological polar surface area (TPSA) is 50.2 Å². The molecule has 0 saturated heterocycles. The van der Waals surface area contributed by atoms with E-state index in [1.807, 2.05) is 0 Å². The van der Waals surface area contributed by atoms with Gasteiger partial charge in [0.2, 0.25) is 0 Å². The predicted octanol–water partition coefficient (Wildman–Crippen LogP) is -5.21. The van der Waals surface area contributed by atoms with Gasteiger partial charge in [-0.15, -0.1) is 0 Å². The number of hydrogen-bond acceptors (Lipinski definition) is 2. The summed E-state index contributed by atoms with van der Waals surface area (Å²) >= 11 is 0. The molecule has 1 N–H and O–H groups in total. The van der Waals surface area contributed by atoms with Crippen LogP contribution in [0.5, 0.6) is 0 Å². The Kier molecular flexibility index (Phi) is 9.24. The predicted molar refractivity (Wildman–Crippen MR) is 31.2 cm³/mol. The fourth-order valence-electron chi connectivity index (χ4n) is 0.489. The minimum atomic E-state index is -0.942. The molecule has 0 aliphatic heterocycles. The Balaban J connectivity index is 0. The van der Waals surface area contributed by atoms with E-state index in [1.54, 1.807) is 6.07 Å². The standard InChI is InChI=1S/C6H5NO2.ClH.K/c8-6(9)5-2-1-3-7-4-5;;/h1-4H,(H,8,9);1H;/q;;+1/p-1. The molecule has 0 spiro atoms. The van der Waals surface area contributed by atoms with Crippen LogP contribution >= 0.6 is 0 Å². The van der Waals surface area contributed by atoms with Gasteiger partial charge in [-0.05, 0) is 12.1 Å². The molecule has 0 saturated carbocycles. The van der Waals surface area contributed by atoms with E-state index in [0.29, 0.717) is 0 Å². The van der Waals surface area contributed by atoms with E-state index in [0.717, 1.165) is 0 Å². The van der Waals surface area contributed by atoms with Gasteiger partial charge >= 0.3 is 57.4 Å². The van der Waals surface area contributed by atoms with Gasteiger partial charge in [-0.3, -0.25) is 4.98 Å². The van der Waals surface area contributed by atoms with Crippen molar-refractivity contribution in [3.8, 4) is 0 Å². The number of hydrogen-bond donors (Lipinski definition) is 1. The van der Waals surface area contributed by atoms with Crippen molar-refractivity contribution in [1.82, 2.24) is 4.98 Å². The van der Waals surface area contributed by atoms with Gasteiger partial charge < -0.3 is 17.5 Å². The van der Waals surface area contributed by atoms with Crippen molar-refractivity contribution in [2.75, 3.05) is 0 Å². The molecule has 0 aromatic carbocycles. The molecule has 0 bridgehead atoms. The Morgan fingerprint density at radius 2 is 2.18 bits per heavy atom. The second-order valence-electron chi connectivity index (χ2n) is 1.55. The number of carboxylic acids is 1. The van der Waals surface area contributed by atoms with Crippen molar-refractivity contribution in [2.24, 2.45) is 0 Å². The van der Waals surface area contributed by atoms with Crippen LogP contribution < -0.4 is 63.8 Å². The summed E-state index contributed by atoms with van der Waals surface area (Å²) in [5, 5.41) is 8.34. The maximum absolute atomic E-state index is 10.2. The van der Waals surface area contributed by atoms with Crippen LogP contribution in [0.3, 0.4) is 0 Å². The van der Waals surface area contributed by atoms with Gasteiger partial charge in [-0.2, -0.15) is 0 Å². The third-order valence-electron chi connectivity index (χ3n) is 0.908. The summed E-state index contributed by atoms with van der Waals surface area (Å²) in [6, 6.07) is 3.08. The van der Waals surface area contributed by atoms with Gasteiger partial charge in [0.15, 0.2) is 0 Å². The molecule has 3 nitrogen and oxygen atoms in total. The fraction of sp³-hybridized carbons (Fsp3) is 0. The minimum absolute atomic E-state index is 0. The Morgan fingerprint density at radius 3 is 2.45 bits per heavy atom. The average molecular weight is 198 g/mol. The zero-order valence-electron chi connectivity index (χ0n) is 5.99. The van der Waals surface area contributed by atoms with E-state index in [9.17, 15) is 4.79 Å². The number of aromatic nitrogens is 1. The molecule has 1 heterocycles. The molecule has 5 heteroatoms. The summed E-state index contributed by atoms with van der Waals surface area (Å²) < 4.78 is 0. The summed E-state index contributed by atoms with van der Waals surface area (Å²) in [5.74, 6) is -0.942. The number of rotatable bonds is 1. The zero-order valence-corrected chi connectivity index (χ0v) is 9.87. The number of aromatic carboxylic acids is 1. The van der Waals surface area contributed by atoms with E-state index in [2.05, 4.69) is 4.98 Å². The van der Waals surface area contributed by atoms with Crippen molar-refractivity contribution in [3.05, 3.63) is 30.1 Å². The number of pyridine rings is 1. The Labute approximate surface area is 113 Å². The maximum atomic E-state index is 10.2. The van der Waals surface area contributed by atoms with E-state index in [1.165, 1.54) is 18.5 Å². The van der Waals surface area contributed by atoms with Crippen molar-refractivity contribution in [2.45, 2.75) is 0 Å². The molecule has 54 valence electrons. The number of halogens is 1. The molecule has 0 atom stereocenters. The molecular formula is C6H5ClKNO2. The van der Waals surface area contributed by atoms with Crippen LogP contribution in [-0.4, -0.2) is 16.1 Å². The van der Waals surface area contributed by atoms with Gasteiger partial charge in [-0.25, -0.2) is 4.79 Å². The summed E-state index contributed by atoms with van der Waals surface area (Å²) in [4.78, 5) is 13.8. The van der Waals surface area contributed by atoms with Crippen LogP contribution in [0.15, 0.2) is 24.5 Å². The smallest absolute Gasteiger partial charge is 1.00 e. The van der Waals surface area contributed by atoms with E-state index in [-0.39, 0.29) is 69.4 Å². The summed E-state index contributed by atoms with van der Waals surface area (Å²) in [6.45, 7) is 0. The minimum Gasteiger partial charge on any atom is -1.00 e. The molecule has 0 aliphatic carbocycles. The van der Waals surface area contributed by atoms with Crippen LogP contribution in [-0.2, 0) is 0 Å². The molecule has 1 rings (SSSR count). The Bertz CT molecular complexity index is 217. The SMILES string of the molecule is O=C(O)c1cccnc1.[Cl-].[K+]. The van der Waals surface area contributed by atoms with Gasteiger partial charge in [0, 0.05) is 12.4 Å². The monoisotopic (exact) mass is 197 g/mol. The van der Waals surface area contributed by atoms with Crippen molar-refractivity contribution in [3.63, 3.8) is 0 Å². The summed E-state index contributed by atoms with van der Waals surface area (Å²) in [6.07, 6.45) is 2.84. The molecule has 0 amide bonds. The number of carbonyl (C=O) groups is 1. The van der Waals surface area contributed by atoms with E-state index >= 15 is 0 Å². The first-order valence-corrected chi connectivity index (χ1v) is 2.44. The van der Waals surface area contributed by atoms with Crippen LogP contribution in [0.1, 0.15) is 10.4 Å². The van der Waals surface area contributed by atoms with Crippen molar-refractivity contribution >= 4 is 5.97 Å². The first kappa shape index (κ1) is 14.1. The second-order valence-corrected chi connectivity index (χ2v) is 1.55. The number of nitrogens with zero attached hydrogens (tertiary/aromatic N) is 1. The molecule has 0 unspecified atom stereocenters. The molecule has 11 heavy (non-hydrogen) atoms. The van der Waals surface area contributed by atoms with Crippen molar-refractivity contribution in [1.29, 1.82) is 0 Å². The summed E-state index contributed by atoms with van der Waals surface area (Å²) in [5.41, 5.74) is 0.220. The Hall–Kier alpha value is 0.546. The fourth-order valence-corrected chi connectivity index (χ4v) is 0.489. The summed E-state index contributed by atoms with van der Waals surface area (Å²) in [7, 11) is 0. The molecule has 1 aromatic rings. The van der Waals surface area contributed by atoms with E-state index < -0.39 is 5.97 Å². The number of carboxylic acid groups (broad SMARTS) is 1. The molecule has 0 radical (unpaired) electrons. The first-order valence-electron chi connectivity index (χ1n) is 2.44. The third-order valence-corrected chi connectivity index (χ3v) is 0.908.